The zero-order valence-corrected chi connectivity index (χ0v) is 10.4. The van der Waals surface area contributed by atoms with E-state index in [0.29, 0.717) is 18.5 Å². The summed E-state index contributed by atoms with van der Waals surface area (Å²) < 4.78 is 5.98. The maximum absolute atomic E-state index is 5.98. The van der Waals surface area contributed by atoms with Crippen LogP contribution in [0.25, 0.3) is 0 Å². The molecule has 1 aromatic heterocycles. The van der Waals surface area contributed by atoms with E-state index in [1.54, 1.807) is 6.20 Å². The Morgan fingerprint density at radius 3 is 3.12 bits per heavy atom. The van der Waals surface area contributed by atoms with E-state index in [4.69, 9.17) is 10.5 Å². The summed E-state index contributed by atoms with van der Waals surface area (Å²) in [6.07, 6.45) is 9.67. The quantitative estimate of drug-likeness (QED) is 0.869. The maximum atomic E-state index is 5.98. The molecule has 0 aliphatic heterocycles. The van der Waals surface area contributed by atoms with Crippen molar-refractivity contribution >= 4 is 0 Å². The van der Waals surface area contributed by atoms with Crippen molar-refractivity contribution in [2.45, 2.75) is 51.7 Å². The Morgan fingerprint density at radius 2 is 2.35 bits per heavy atom. The summed E-state index contributed by atoms with van der Waals surface area (Å²) in [6.45, 7) is 2.68. The molecule has 1 aliphatic rings. The van der Waals surface area contributed by atoms with Gasteiger partial charge in [0.15, 0.2) is 0 Å². The van der Waals surface area contributed by atoms with Crippen LogP contribution in [0.1, 0.15) is 44.6 Å². The van der Waals surface area contributed by atoms with Gasteiger partial charge in [0.25, 0.3) is 0 Å². The Bertz CT molecular complexity index is 356. The zero-order chi connectivity index (χ0) is 12.1. The Labute approximate surface area is 103 Å². The topological polar surface area (TPSA) is 61.0 Å². The van der Waals surface area contributed by atoms with Crippen molar-refractivity contribution in [3.8, 4) is 5.88 Å². The van der Waals surface area contributed by atoms with E-state index in [2.05, 4.69) is 16.9 Å². The molecule has 2 unspecified atom stereocenters. The van der Waals surface area contributed by atoms with Crippen molar-refractivity contribution in [1.82, 2.24) is 9.97 Å². The molecule has 0 radical (unpaired) electrons. The molecule has 4 heteroatoms. The van der Waals surface area contributed by atoms with Crippen molar-refractivity contribution in [2.24, 2.45) is 11.7 Å². The number of hydrogen-bond donors (Lipinski definition) is 1. The number of nitrogens with two attached hydrogens (primary N) is 1. The first kappa shape index (κ1) is 12.3. The third-order valence-corrected chi connectivity index (χ3v) is 3.56. The lowest BCUT2D eigenvalue weighted by Gasteiger charge is -2.28. The lowest BCUT2D eigenvalue weighted by molar-refractivity contribution is 0.115. The summed E-state index contributed by atoms with van der Waals surface area (Å²) in [4.78, 5) is 8.15. The van der Waals surface area contributed by atoms with Crippen LogP contribution in [-0.4, -0.2) is 16.1 Å². The Hall–Kier alpha value is -1.16. The smallest absolute Gasteiger partial charge is 0.221 e. The van der Waals surface area contributed by atoms with Gasteiger partial charge < -0.3 is 10.5 Å². The average molecular weight is 235 g/mol. The van der Waals surface area contributed by atoms with E-state index in [0.717, 1.165) is 24.3 Å². The molecular formula is C13H21N3O. The number of nitrogens with zero attached hydrogens (tertiary/aromatic N) is 2. The van der Waals surface area contributed by atoms with Gasteiger partial charge in [-0.3, -0.25) is 0 Å². The van der Waals surface area contributed by atoms with E-state index in [-0.39, 0.29) is 0 Å². The van der Waals surface area contributed by atoms with Gasteiger partial charge in [0.1, 0.15) is 12.4 Å². The highest BCUT2D eigenvalue weighted by molar-refractivity contribution is 5.21. The standard InChI is InChI=1S/C13H21N3O/c1-2-10-4-3-5-12(6-10)17-13-11(7-14)8-15-9-16-13/h8-10,12H,2-7,14H2,1H3. The molecule has 2 N–H and O–H groups in total. The third kappa shape index (κ3) is 3.16. The number of rotatable bonds is 4. The van der Waals surface area contributed by atoms with Gasteiger partial charge in [-0.2, -0.15) is 0 Å². The minimum atomic E-state index is 0.300. The lowest BCUT2D eigenvalue weighted by Crippen LogP contribution is -2.26. The van der Waals surface area contributed by atoms with Crippen LogP contribution in [0.15, 0.2) is 12.5 Å². The molecule has 4 nitrogen and oxygen atoms in total. The van der Waals surface area contributed by atoms with Crippen molar-refractivity contribution in [2.75, 3.05) is 0 Å². The lowest BCUT2D eigenvalue weighted by atomic mass is 9.85. The van der Waals surface area contributed by atoms with Crippen molar-refractivity contribution < 1.29 is 4.74 Å². The number of aromatic nitrogens is 2. The first-order valence-electron chi connectivity index (χ1n) is 6.49. The van der Waals surface area contributed by atoms with Gasteiger partial charge in [-0.1, -0.05) is 19.8 Å². The first-order chi connectivity index (χ1) is 8.33. The maximum Gasteiger partial charge on any atom is 0.221 e. The van der Waals surface area contributed by atoms with E-state index >= 15 is 0 Å². The first-order valence-corrected chi connectivity index (χ1v) is 6.49. The summed E-state index contributed by atoms with van der Waals surface area (Å²) in [6, 6.07) is 0. The van der Waals surface area contributed by atoms with E-state index in [9.17, 15) is 0 Å². The van der Waals surface area contributed by atoms with Gasteiger partial charge in [0.05, 0.1) is 0 Å². The van der Waals surface area contributed by atoms with Crippen LogP contribution in [-0.2, 0) is 6.54 Å². The van der Waals surface area contributed by atoms with Crippen LogP contribution in [0.5, 0.6) is 5.88 Å². The number of hydrogen-bond acceptors (Lipinski definition) is 4. The highest BCUT2D eigenvalue weighted by Gasteiger charge is 2.23. The summed E-state index contributed by atoms with van der Waals surface area (Å²) in [7, 11) is 0. The van der Waals surface area contributed by atoms with Crippen LogP contribution in [0.2, 0.25) is 0 Å². The molecule has 0 saturated heterocycles. The molecule has 94 valence electrons. The minimum absolute atomic E-state index is 0.300. The molecule has 0 spiro atoms. The average Bonchev–Trinajstić information content (AvgIpc) is 2.39. The molecule has 0 amide bonds. The predicted octanol–water partition coefficient (Wildman–Crippen LogP) is 2.28. The fourth-order valence-electron chi connectivity index (χ4n) is 2.47. The summed E-state index contributed by atoms with van der Waals surface area (Å²) in [5.74, 6) is 1.47. The van der Waals surface area contributed by atoms with Crippen LogP contribution < -0.4 is 10.5 Å². The van der Waals surface area contributed by atoms with E-state index in [1.165, 1.54) is 25.6 Å². The second-order valence-electron chi connectivity index (χ2n) is 4.74. The molecule has 2 rings (SSSR count). The largest absolute Gasteiger partial charge is 0.474 e. The highest BCUT2D eigenvalue weighted by atomic mass is 16.5. The Kier molecular flexibility index (Phi) is 4.31. The second-order valence-corrected chi connectivity index (χ2v) is 4.74. The summed E-state index contributed by atoms with van der Waals surface area (Å²) in [5, 5.41) is 0. The molecular weight excluding hydrogens is 214 g/mol. The van der Waals surface area contributed by atoms with E-state index in [1.807, 2.05) is 0 Å². The van der Waals surface area contributed by atoms with Gasteiger partial charge in [-0.15, -0.1) is 0 Å². The molecule has 17 heavy (non-hydrogen) atoms. The number of ether oxygens (including phenoxy) is 1. The predicted molar refractivity (Wildman–Crippen MR) is 66.6 cm³/mol. The van der Waals surface area contributed by atoms with Crippen molar-refractivity contribution in [1.29, 1.82) is 0 Å². The zero-order valence-electron chi connectivity index (χ0n) is 10.4. The third-order valence-electron chi connectivity index (χ3n) is 3.56. The van der Waals surface area contributed by atoms with Crippen LogP contribution in [0, 0.1) is 5.92 Å². The van der Waals surface area contributed by atoms with Gasteiger partial charge in [0.2, 0.25) is 5.88 Å². The van der Waals surface area contributed by atoms with Crippen molar-refractivity contribution in [3.05, 3.63) is 18.1 Å². The highest BCUT2D eigenvalue weighted by Crippen LogP contribution is 2.29. The van der Waals surface area contributed by atoms with Crippen molar-refractivity contribution in [3.63, 3.8) is 0 Å². The van der Waals surface area contributed by atoms with Gasteiger partial charge in [0, 0.05) is 18.3 Å². The molecule has 1 aliphatic carbocycles. The fourth-order valence-corrected chi connectivity index (χ4v) is 2.47. The Morgan fingerprint density at radius 1 is 1.47 bits per heavy atom. The van der Waals surface area contributed by atoms with Crippen LogP contribution in [0.3, 0.4) is 0 Å². The molecule has 1 aromatic rings. The molecule has 2 atom stereocenters. The molecule has 1 heterocycles. The minimum Gasteiger partial charge on any atom is -0.474 e. The molecule has 1 fully saturated rings. The van der Waals surface area contributed by atoms with Gasteiger partial charge in [-0.05, 0) is 25.2 Å². The Balaban J connectivity index is 2.00. The fraction of sp³-hybridized carbons (Fsp3) is 0.692. The molecule has 0 aromatic carbocycles. The molecule has 1 saturated carbocycles. The van der Waals surface area contributed by atoms with Gasteiger partial charge in [-0.25, -0.2) is 9.97 Å². The monoisotopic (exact) mass is 235 g/mol. The second kappa shape index (κ2) is 5.96. The van der Waals surface area contributed by atoms with E-state index < -0.39 is 0 Å². The SMILES string of the molecule is CCC1CCCC(Oc2ncncc2CN)C1. The summed E-state index contributed by atoms with van der Waals surface area (Å²) >= 11 is 0. The van der Waals surface area contributed by atoms with Crippen LogP contribution >= 0.6 is 0 Å². The molecule has 0 bridgehead atoms. The van der Waals surface area contributed by atoms with Gasteiger partial charge >= 0.3 is 0 Å². The van der Waals surface area contributed by atoms with Crippen LogP contribution in [0.4, 0.5) is 0 Å². The summed E-state index contributed by atoms with van der Waals surface area (Å²) in [5.41, 5.74) is 6.54. The normalized spacial score (nSPS) is 24.6.